The second-order valence-electron chi connectivity index (χ2n) is 8.00. The van der Waals surface area contributed by atoms with Crippen LogP contribution in [0.25, 0.3) is 10.9 Å². The zero-order chi connectivity index (χ0) is 21.5. The molecule has 2 amide bonds. The van der Waals surface area contributed by atoms with Gasteiger partial charge in [-0.1, -0.05) is 5.16 Å². The minimum atomic E-state index is -0.325. The Morgan fingerprint density at radius 2 is 1.84 bits per heavy atom. The largest absolute Gasteiger partial charge is 0.497 e. The number of aromatic nitrogens is 1. The van der Waals surface area contributed by atoms with Gasteiger partial charge in [0.25, 0.3) is 11.8 Å². The van der Waals surface area contributed by atoms with Crippen LogP contribution in [0.4, 0.5) is 4.39 Å². The van der Waals surface area contributed by atoms with Crippen LogP contribution in [0.5, 0.6) is 5.75 Å². The highest BCUT2D eigenvalue weighted by molar-refractivity contribution is 6.21. The van der Waals surface area contributed by atoms with E-state index in [4.69, 9.17) is 9.26 Å². The number of carbonyl (C=O) groups is 2. The topological polar surface area (TPSA) is 75.9 Å². The van der Waals surface area contributed by atoms with Gasteiger partial charge in [-0.15, -0.1) is 0 Å². The summed E-state index contributed by atoms with van der Waals surface area (Å²) in [5, 5.41) is 4.85. The molecule has 2 aliphatic rings. The Kier molecular flexibility index (Phi) is 4.94. The molecular weight excluding hydrogens is 401 g/mol. The third-order valence-electron chi connectivity index (χ3n) is 6.24. The first-order chi connectivity index (χ1) is 15.0. The molecule has 31 heavy (non-hydrogen) atoms. The number of amides is 2. The van der Waals surface area contributed by atoms with Crippen LogP contribution < -0.4 is 4.74 Å². The average Bonchev–Trinajstić information content (AvgIpc) is 3.31. The second-order valence-corrected chi connectivity index (χ2v) is 8.00. The number of fused-ring (bicyclic) bond motifs is 2. The normalized spacial score (nSPS) is 17.5. The van der Waals surface area contributed by atoms with E-state index in [1.54, 1.807) is 24.3 Å². The number of rotatable bonds is 5. The number of piperidine rings is 1. The number of likely N-dealkylation sites (tertiary alicyclic amines) is 1. The van der Waals surface area contributed by atoms with Crippen LogP contribution in [0.15, 0.2) is 40.9 Å². The van der Waals surface area contributed by atoms with E-state index in [1.807, 2.05) is 0 Å². The summed E-state index contributed by atoms with van der Waals surface area (Å²) in [4.78, 5) is 28.9. The molecule has 2 aliphatic heterocycles. The van der Waals surface area contributed by atoms with Crippen LogP contribution in [-0.2, 0) is 0 Å². The fourth-order valence-corrected chi connectivity index (χ4v) is 4.49. The Morgan fingerprint density at radius 1 is 1.06 bits per heavy atom. The fourth-order valence-electron chi connectivity index (χ4n) is 4.49. The van der Waals surface area contributed by atoms with Crippen molar-refractivity contribution >= 4 is 22.7 Å². The molecular formula is C23H22FN3O4. The summed E-state index contributed by atoms with van der Waals surface area (Å²) in [6, 6.07) is 9.49. The maximum atomic E-state index is 13.4. The lowest BCUT2D eigenvalue weighted by molar-refractivity contribution is 0.0629. The number of carbonyl (C=O) groups excluding carboxylic acids is 2. The Hall–Kier alpha value is -3.26. The third kappa shape index (κ3) is 3.46. The number of benzene rings is 2. The van der Waals surface area contributed by atoms with E-state index < -0.39 is 0 Å². The monoisotopic (exact) mass is 423 g/mol. The molecule has 3 heterocycles. The predicted molar refractivity (Wildman–Crippen MR) is 111 cm³/mol. The fraction of sp³-hybridized carbons (Fsp3) is 0.348. The van der Waals surface area contributed by atoms with E-state index >= 15 is 0 Å². The standard InChI is InChI=1S/C23H22FN3O4/c1-30-16-3-5-17-19(13-16)23(29)27(22(17)28)11-10-26-8-6-14(7-9-26)21-18-4-2-15(24)12-20(18)25-31-21/h2-5,12-14H,6-11H2,1H3. The van der Waals surface area contributed by atoms with Crippen molar-refractivity contribution in [1.82, 2.24) is 15.0 Å². The smallest absolute Gasteiger partial charge is 0.261 e. The van der Waals surface area contributed by atoms with Gasteiger partial charge >= 0.3 is 0 Å². The van der Waals surface area contributed by atoms with Gasteiger partial charge in [-0.25, -0.2) is 4.39 Å². The molecule has 2 aromatic carbocycles. The van der Waals surface area contributed by atoms with Crippen molar-refractivity contribution in [3.8, 4) is 5.75 Å². The van der Waals surface area contributed by atoms with E-state index in [0.29, 0.717) is 35.5 Å². The highest BCUT2D eigenvalue weighted by atomic mass is 19.1. The molecule has 7 nitrogen and oxygen atoms in total. The first kappa shape index (κ1) is 19.7. The van der Waals surface area contributed by atoms with Gasteiger partial charge < -0.3 is 14.2 Å². The number of hydrogen-bond donors (Lipinski definition) is 0. The van der Waals surface area contributed by atoms with Gasteiger partial charge in [0.05, 0.1) is 18.2 Å². The molecule has 0 spiro atoms. The summed E-state index contributed by atoms with van der Waals surface area (Å²) >= 11 is 0. The highest BCUT2D eigenvalue weighted by Crippen LogP contribution is 2.33. The maximum Gasteiger partial charge on any atom is 0.261 e. The number of methoxy groups -OCH3 is 1. The Labute approximate surface area is 178 Å². The Balaban J connectivity index is 1.20. The summed E-state index contributed by atoms with van der Waals surface area (Å²) < 4.78 is 24.1. The number of nitrogens with zero attached hydrogens (tertiary/aromatic N) is 3. The van der Waals surface area contributed by atoms with Crippen LogP contribution in [0.2, 0.25) is 0 Å². The Bertz CT molecular complexity index is 1170. The van der Waals surface area contributed by atoms with Crippen LogP contribution >= 0.6 is 0 Å². The van der Waals surface area contributed by atoms with E-state index in [0.717, 1.165) is 37.1 Å². The molecule has 0 saturated carbocycles. The van der Waals surface area contributed by atoms with Crippen molar-refractivity contribution in [1.29, 1.82) is 0 Å². The van der Waals surface area contributed by atoms with Crippen molar-refractivity contribution in [3.63, 3.8) is 0 Å². The van der Waals surface area contributed by atoms with Crippen molar-refractivity contribution < 1.29 is 23.2 Å². The lowest BCUT2D eigenvalue weighted by atomic mass is 9.92. The van der Waals surface area contributed by atoms with Crippen molar-refractivity contribution in [3.05, 3.63) is 59.1 Å². The lowest BCUT2D eigenvalue weighted by Gasteiger charge is -2.31. The van der Waals surface area contributed by atoms with E-state index in [-0.39, 0.29) is 23.5 Å². The average molecular weight is 423 g/mol. The summed E-state index contributed by atoms with van der Waals surface area (Å²) in [7, 11) is 1.53. The highest BCUT2D eigenvalue weighted by Gasteiger charge is 2.36. The van der Waals surface area contributed by atoms with E-state index in [1.165, 1.54) is 24.1 Å². The lowest BCUT2D eigenvalue weighted by Crippen LogP contribution is -2.41. The quantitative estimate of drug-likeness (QED) is 0.585. The molecule has 160 valence electrons. The number of ether oxygens (including phenoxy) is 1. The number of halogens is 1. The van der Waals surface area contributed by atoms with Gasteiger partial charge in [-0.3, -0.25) is 14.5 Å². The predicted octanol–water partition coefficient (Wildman–Crippen LogP) is 3.45. The minimum absolute atomic E-state index is 0.221. The first-order valence-electron chi connectivity index (χ1n) is 10.4. The maximum absolute atomic E-state index is 13.4. The zero-order valence-electron chi connectivity index (χ0n) is 17.1. The SMILES string of the molecule is COc1ccc2c(c1)C(=O)N(CCN1CCC(c3onc4cc(F)ccc34)CC1)C2=O. The summed E-state index contributed by atoms with van der Waals surface area (Å²) in [6.07, 6.45) is 1.75. The molecule has 1 aromatic heterocycles. The Morgan fingerprint density at radius 3 is 2.61 bits per heavy atom. The van der Waals surface area contributed by atoms with Crippen LogP contribution in [0.3, 0.4) is 0 Å². The van der Waals surface area contributed by atoms with Crippen molar-refractivity contribution in [2.24, 2.45) is 0 Å². The minimum Gasteiger partial charge on any atom is -0.497 e. The van der Waals surface area contributed by atoms with Gasteiger partial charge in [0.15, 0.2) is 0 Å². The van der Waals surface area contributed by atoms with E-state index in [2.05, 4.69) is 10.1 Å². The van der Waals surface area contributed by atoms with Gasteiger partial charge in [0.2, 0.25) is 0 Å². The van der Waals surface area contributed by atoms with Crippen molar-refractivity contribution in [2.45, 2.75) is 18.8 Å². The van der Waals surface area contributed by atoms with Gasteiger partial charge in [0.1, 0.15) is 22.8 Å². The second kappa shape index (κ2) is 7.77. The number of hydrogen-bond acceptors (Lipinski definition) is 6. The molecule has 0 bridgehead atoms. The molecule has 0 atom stereocenters. The van der Waals surface area contributed by atoms with Gasteiger partial charge in [0, 0.05) is 30.5 Å². The summed E-state index contributed by atoms with van der Waals surface area (Å²) in [5.41, 5.74) is 1.37. The van der Waals surface area contributed by atoms with Crippen LogP contribution in [0, 0.1) is 5.82 Å². The van der Waals surface area contributed by atoms with Gasteiger partial charge in [-0.05, 0) is 56.3 Å². The first-order valence-corrected chi connectivity index (χ1v) is 10.4. The van der Waals surface area contributed by atoms with Crippen LogP contribution in [-0.4, -0.2) is 60.1 Å². The molecule has 1 saturated heterocycles. The van der Waals surface area contributed by atoms with Gasteiger partial charge in [-0.2, -0.15) is 0 Å². The molecule has 0 aliphatic carbocycles. The molecule has 3 aromatic rings. The molecule has 5 rings (SSSR count). The molecule has 0 radical (unpaired) electrons. The zero-order valence-corrected chi connectivity index (χ0v) is 17.1. The molecule has 0 N–H and O–H groups in total. The van der Waals surface area contributed by atoms with Crippen molar-refractivity contribution in [2.75, 3.05) is 33.3 Å². The molecule has 8 heteroatoms. The summed E-state index contributed by atoms with van der Waals surface area (Å²) in [6.45, 7) is 2.62. The van der Waals surface area contributed by atoms with E-state index in [9.17, 15) is 14.0 Å². The molecule has 0 unspecified atom stereocenters. The molecule has 1 fully saturated rings. The number of imide groups is 1. The van der Waals surface area contributed by atoms with Crippen LogP contribution in [0.1, 0.15) is 45.2 Å². The third-order valence-corrected chi connectivity index (χ3v) is 6.24. The summed E-state index contributed by atoms with van der Waals surface area (Å²) in [5.74, 6) is 0.745.